The summed E-state index contributed by atoms with van der Waals surface area (Å²) in [5.41, 5.74) is 16.6. The summed E-state index contributed by atoms with van der Waals surface area (Å²) < 4.78 is 4.83. The third-order valence-corrected chi connectivity index (χ3v) is 11.6. The lowest BCUT2D eigenvalue weighted by Gasteiger charge is -2.29. The fourth-order valence-corrected chi connectivity index (χ4v) is 8.98. The molecule has 2 aliphatic rings. The first kappa shape index (κ1) is 31.6. The van der Waals surface area contributed by atoms with Gasteiger partial charge in [-0.15, -0.1) is 0 Å². The van der Waals surface area contributed by atoms with Crippen LogP contribution in [0, 0.1) is 0 Å². The third-order valence-electron chi connectivity index (χ3n) is 11.6. The Hall–Kier alpha value is -6.91. The Bertz CT molecular complexity index is 2980. The molecule has 262 valence electrons. The molecule has 7 aromatic carbocycles. The number of nitrogens with zero attached hydrogens (tertiary/aromatic N) is 3. The number of para-hydroxylation sites is 2. The van der Waals surface area contributed by atoms with E-state index in [0.717, 1.165) is 34.6 Å². The highest BCUT2D eigenvalue weighted by atomic mass is 15.3. The maximum absolute atomic E-state index is 5.48. The quantitative estimate of drug-likeness (QED) is 0.190. The van der Waals surface area contributed by atoms with E-state index >= 15 is 0 Å². The molecular formula is C51H38N4. The number of nitrogens with one attached hydrogen (secondary N) is 1. The van der Waals surface area contributed by atoms with Crippen LogP contribution in [0.15, 0.2) is 181 Å². The number of hydrogen-bond acceptors (Lipinski definition) is 2. The van der Waals surface area contributed by atoms with Gasteiger partial charge in [-0.1, -0.05) is 140 Å². The summed E-state index contributed by atoms with van der Waals surface area (Å²) in [6.07, 6.45) is 5.35. The smallest absolute Gasteiger partial charge is 0.201 e. The summed E-state index contributed by atoms with van der Waals surface area (Å²) in [4.78, 5) is 5.48. The SMILES string of the molecule is CC1CC=Cc2c1c1ccc(-c3ccc4c(c3)c3ccccc3n4-c3ccc(-c4ccccc4)cc3)cc1n2C1N=C(c2ccccc2)c2ccccc2N1. The highest BCUT2D eigenvalue weighted by molar-refractivity contribution is 6.17. The summed E-state index contributed by atoms with van der Waals surface area (Å²) >= 11 is 0. The van der Waals surface area contributed by atoms with Gasteiger partial charge in [-0.2, -0.15) is 0 Å². The van der Waals surface area contributed by atoms with Crippen LogP contribution in [0.1, 0.15) is 47.9 Å². The maximum Gasteiger partial charge on any atom is 0.201 e. The van der Waals surface area contributed by atoms with Gasteiger partial charge in [0.2, 0.25) is 6.29 Å². The zero-order valence-electron chi connectivity index (χ0n) is 30.5. The van der Waals surface area contributed by atoms with E-state index in [1.807, 2.05) is 0 Å². The Morgan fingerprint density at radius 2 is 1.20 bits per heavy atom. The molecule has 55 heavy (non-hydrogen) atoms. The topological polar surface area (TPSA) is 34.2 Å². The molecule has 2 aromatic heterocycles. The van der Waals surface area contributed by atoms with E-state index in [9.17, 15) is 0 Å². The predicted octanol–water partition coefficient (Wildman–Crippen LogP) is 13.0. The van der Waals surface area contributed by atoms with Gasteiger partial charge in [-0.25, -0.2) is 4.99 Å². The largest absolute Gasteiger partial charge is 0.346 e. The molecule has 0 saturated carbocycles. The molecule has 9 aromatic rings. The second-order valence-corrected chi connectivity index (χ2v) is 14.8. The first-order chi connectivity index (χ1) is 27.2. The Morgan fingerprint density at radius 1 is 0.545 bits per heavy atom. The van der Waals surface area contributed by atoms with Crippen LogP contribution in [-0.4, -0.2) is 14.8 Å². The number of fused-ring (bicyclic) bond motifs is 7. The zero-order chi connectivity index (χ0) is 36.5. The van der Waals surface area contributed by atoms with Crippen LogP contribution in [-0.2, 0) is 0 Å². The number of allylic oxidation sites excluding steroid dienone is 1. The lowest BCUT2D eigenvalue weighted by atomic mass is 9.90. The van der Waals surface area contributed by atoms with Crippen molar-refractivity contribution in [2.24, 2.45) is 4.99 Å². The molecule has 4 heteroatoms. The van der Waals surface area contributed by atoms with Gasteiger partial charge >= 0.3 is 0 Å². The number of benzene rings is 7. The van der Waals surface area contributed by atoms with Crippen LogP contribution in [0.5, 0.6) is 0 Å². The molecule has 3 heterocycles. The normalized spacial score (nSPS) is 16.2. The van der Waals surface area contributed by atoms with Crippen LogP contribution in [0.4, 0.5) is 5.69 Å². The monoisotopic (exact) mass is 706 g/mol. The van der Waals surface area contributed by atoms with Crippen LogP contribution in [0.3, 0.4) is 0 Å². The minimum absolute atomic E-state index is 0.310. The molecule has 1 N–H and O–H groups in total. The number of rotatable bonds is 5. The average molecular weight is 707 g/mol. The van der Waals surface area contributed by atoms with Crippen molar-refractivity contribution in [3.8, 4) is 27.9 Å². The Labute approximate surface area is 320 Å². The Balaban J connectivity index is 1.06. The van der Waals surface area contributed by atoms with E-state index in [-0.39, 0.29) is 6.29 Å². The molecule has 0 saturated heterocycles. The molecule has 1 aliphatic heterocycles. The molecule has 4 nitrogen and oxygen atoms in total. The van der Waals surface area contributed by atoms with Crippen molar-refractivity contribution < 1.29 is 0 Å². The van der Waals surface area contributed by atoms with Gasteiger partial charge in [0.1, 0.15) is 0 Å². The molecule has 0 spiro atoms. The van der Waals surface area contributed by atoms with E-state index in [1.54, 1.807) is 0 Å². The van der Waals surface area contributed by atoms with E-state index in [4.69, 9.17) is 4.99 Å². The van der Waals surface area contributed by atoms with E-state index in [0.29, 0.717) is 5.92 Å². The highest BCUT2D eigenvalue weighted by Crippen LogP contribution is 2.43. The highest BCUT2D eigenvalue weighted by Gasteiger charge is 2.29. The van der Waals surface area contributed by atoms with Gasteiger partial charge in [0, 0.05) is 44.4 Å². The van der Waals surface area contributed by atoms with Crippen molar-refractivity contribution >= 4 is 50.2 Å². The fraction of sp³-hybridized carbons (Fsp3) is 0.0784. The van der Waals surface area contributed by atoms with Crippen LogP contribution in [0.2, 0.25) is 0 Å². The lowest BCUT2D eigenvalue weighted by molar-refractivity contribution is 0.595. The van der Waals surface area contributed by atoms with Gasteiger partial charge in [-0.05, 0) is 88.7 Å². The summed E-state index contributed by atoms with van der Waals surface area (Å²) in [6.45, 7) is 2.35. The molecule has 2 atom stereocenters. The molecule has 0 fully saturated rings. The molecule has 11 rings (SSSR count). The van der Waals surface area contributed by atoms with Gasteiger partial charge in [-0.3, -0.25) is 0 Å². The molecule has 1 aliphatic carbocycles. The van der Waals surface area contributed by atoms with Gasteiger partial charge < -0.3 is 14.5 Å². The minimum Gasteiger partial charge on any atom is -0.346 e. The predicted molar refractivity (Wildman–Crippen MR) is 230 cm³/mol. The molecule has 0 amide bonds. The molecular weight excluding hydrogens is 669 g/mol. The first-order valence-corrected chi connectivity index (χ1v) is 19.2. The van der Waals surface area contributed by atoms with Gasteiger partial charge in [0.15, 0.2) is 0 Å². The second-order valence-electron chi connectivity index (χ2n) is 14.8. The van der Waals surface area contributed by atoms with E-state index in [2.05, 4.69) is 203 Å². The standard InChI is InChI=1S/C51H38N4/c1-33-13-12-22-47-49(33)42-29-25-38(32-48(42)55(47)51-52-44-20-10-8-19-41(44)50(53-51)36-16-6-3-7-17-36)37-26-30-46-43(31-37)40-18-9-11-21-45(40)54(46)39-27-23-35(24-28-39)34-14-4-2-5-15-34/h2-12,14-33,51-52H,13H2,1H3. The third kappa shape index (κ3) is 5.09. The van der Waals surface area contributed by atoms with Crippen LogP contribution in [0.25, 0.3) is 66.7 Å². The second kappa shape index (κ2) is 12.6. The lowest BCUT2D eigenvalue weighted by Crippen LogP contribution is -2.25. The van der Waals surface area contributed by atoms with Crippen molar-refractivity contribution in [3.63, 3.8) is 0 Å². The Kier molecular flexibility index (Phi) is 7.24. The summed E-state index contributed by atoms with van der Waals surface area (Å²) in [5, 5.41) is 7.62. The van der Waals surface area contributed by atoms with E-state index < -0.39 is 0 Å². The summed E-state index contributed by atoms with van der Waals surface area (Å²) in [5.74, 6) is 0.410. The average Bonchev–Trinajstić information content (AvgIpc) is 3.77. The van der Waals surface area contributed by atoms with E-state index in [1.165, 1.54) is 66.2 Å². The van der Waals surface area contributed by atoms with Crippen LogP contribution >= 0.6 is 0 Å². The Morgan fingerprint density at radius 3 is 2.04 bits per heavy atom. The van der Waals surface area contributed by atoms with Crippen molar-refractivity contribution in [3.05, 3.63) is 198 Å². The number of aromatic nitrogens is 2. The van der Waals surface area contributed by atoms with Gasteiger partial charge in [0.25, 0.3) is 0 Å². The fourth-order valence-electron chi connectivity index (χ4n) is 8.98. The maximum atomic E-state index is 5.48. The zero-order valence-corrected chi connectivity index (χ0v) is 30.5. The van der Waals surface area contributed by atoms with Crippen molar-refractivity contribution in [2.75, 3.05) is 5.32 Å². The summed E-state index contributed by atoms with van der Waals surface area (Å²) in [6, 6.07) is 61.4. The van der Waals surface area contributed by atoms with Crippen LogP contribution < -0.4 is 5.32 Å². The number of hydrogen-bond donors (Lipinski definition) is 1. The van der Waals surface area contributed by atoms with Crippen molar-refractivity contribution in [1.29, 1.82) is 0 Å². The minimum atomic E-state index is -0.310. The molecule has 2 unspecified atom stereocenters. The first-order valence-electron chi connectivity index (χ1n) is 19.2. The number of anilines is 1. The van der Waals surface area contributed by atoms with Gasteiger partial charge in [0.05, 0.1) is 22.3 Å². The van der Waals surface area contributed by atoms with Crippen molar-refractivity contribution in [2.45, 2.75) is 25.6 Å². The van der Waals surface area contributed by atoms with Crippen molar-refractivity contribution in [1.82, 2.24) is 9.13 Å². The molecule has 0 bridgehead atoms. The molecule has 0 radical (unpaired) electrons. The number of aliphatic imine (C=N–C) groups is 1. The summed E-state index contributed by atoms with van der Waals surface area (Å²) in [7, 11) is 0.